The number of nitrogens with one attached hydrogen (secondary N) is 8. The number of benzene rings is 1. The number of phenolic OH excluding ortho intramolecular Hbond substituents is 1. The van der Waals surface area contributed by atoms with Gasteiger partial charge in [0.15, 0.2) is 0 Å². The van der Waals surface area contributed by atoms with Gasteiger partial charge in [-0.1, -0.05) is 12.1 Å². The number of carbonyl (C=O) groups is 14. The maximum Gasteiger partial charge on any atom is 0.323 e. The van der Waals surface area contributed by atoms with Crippen molar-refractivity contribution in [3.05, 3.63) is 29.8 Å². The van der Waals surface area contributed by atoms with Crippen molar-refractivity contribution < 1.29 is 87.5 Å². The van der Waals surface area contributed by atoms with Crippen LogP contribution in [0.1, 0.15) is 12.5 Å². The van der Waals surface area contributed by atoms with Gasteiger partial charge >= 0.3 is 17.9 Å². The fourth-order valence-electron chi connectivity index (χ4n) is 4.93. The van der Waals surface area contributed by atoms with Crippen LogP contribution in [0.25, 0.3) is 0 Å². The minimum atomic E-state index is -1.55. The number of aliphatic carboxylic acids is 3. The monoisotopic (exact) mass is 923 g/mol. The molecule has 0 aromatic heterocycles. The van der Waals surface area contributed by atoms with Crippen molar-refractivity contribution >= 4 is 83.4 Å². The number of amides is 11. The Hall–Kier alpha value is -8.40. The summed E-state index contributed by atoms with van der Waals surface area (Å²) >= 11 is 0. The second-order valence-electron chi connectivity index (χ2n) is 13.3. The minimum absolute atomic E-state index is 0.00345. The van der Waals surface area contributed by atoms with Crippen LogP contribution in [0.2, 0.25) is 0 Å². The number of carboxylic acids is 3. The lowest BCUT2D eigenvalue weighted by atomic mass is 10.1. The van der Waals surface area contributed by atoms with Crippen molar-refractivity contribution in [2.24, 2.45) is 0 Å². The van der Waals surface area contributed by atoms with Crippen LogP contribution in [-0.4, -0.2) is 210 Å². The Balaban J connectivity index is 2.58. The summed E-state index contributed by atoms with van der Waals surface area (Å²) in [5, 5.41) is 54.5. The SMILES string of the molecule is CC(=O)NCC(=O)N(CC(=O)O)CC(=O)NCCNC(=O)CN(CC(=O)O)C(=O)CNC(=O)CNC(=O)CN(CC(=O)O)C(=O)CNC(=O)CNC(=O)[C@H](Cc1ccc(O)cc1)NC=O. The van der Waals surface area contributed by atoms with E-state index in [1.54, 1.807) is 0 Å². The first kappa shape index (κ1) is 54.6. The largest absolute Gasteiger partial charge is 0.508 e. The van der Waals surface area contributed by atoms with Crippen LogP contribution in [0, 0.1) is 0 Å². The maximum absolute atomic E-state index is 12.7. The number of hydrogen-bond acceptors (Lipinski definition) is 15. The standard InChI is InChI=1S/C36H49N11O18/c1-21(49)39-11-30(56)45(17-33(59)60)14-27(53)37-6-7-38-28(54)15-46(18-34(61)62)31(57)12-41-25(51)9-40-29(55)16-47(19-35(63)64)32(58)13-42-26(52)10-43-36(65)24(44-20-48)8-22-2-4-23(50)5-3-22/h2-5,20,24,50H,6-19H2,1H3,(H,37,53)(H,38,54)(H,39,49)(H,40,55)(H,41,51)(H,42,52)(H,43,65)(H,44,48)(H,59,60)(H,61,62)(H,63,64)/t24-/m0/s1. The van der Waals surface area contributed by atoms with Crippen LogP contribution in [0.15, 0.2) is 24.3 Å². The lowest BCUT2D eigenvalue weighted by Gasteiger charge is -2.21. The highest BCUT2D eigenvalue weighted by atomic mass is 16.4. The summed E-state index contributed by atoms with van der Waals surface area (Å²) in [6, 6.07) is 4.63. The summed E-state index contributed by atoms with van der Waals surface area (Å²) in [7, 11) is 0. The fourth-order valence-corrected chi connectivity index (χ4v) is 4.93. The second-order valence-corrected chi connectivity index (χ2v) is 13.3. The van der Waals surface area contributed by atoms with E-state index in [9.17, 15) is 82.4 Å². The molecule has 65 heavy (non-hydrogen) atoms. The molecule has 0 saturated carbocycles. The third kappa shape index (κ3) is 24.6. The molecule has 0 aliphatic carbocycles. The Morgan fingerprint density at radius 2 is 0.877 bits per heavy atom. The van der Waals surface area contributed by atoms with Crippen LogP contribution >= 0.6 is 0 Å². The molecular weight excluding hydrogens is 874 g/mol. The van der Waals surface area contributed by atoms with Crippen molar-refractivity contribution in [2.45, 2.75) is 19.4 Å². The predicted molar refractivity (Wildman–Crippen MR) is 214 cm³/mol. The van der Waals surface area contributed by atoms with Gasteiger partial charge in [0, 0.05) is 26.4 Å². The van der Waals surface area contributed by atoms with E-state index in [-0.39, 0.29) is 31.7 Å². The molecule has 0 aliphatic rings. The number of carboxylic acid groups (broad SMARTS) is 3. The van der Waals surface area contributed by atoms with Gasteiger partial charge in [-0.2, -0.15) is 0 Å². The molecule has 12 N–H and O–H groups in total. The van der Waals surface area contributed by atoms with E-state index in [0.29, 0.717) is 20.3 Å². The Bertz CT molecular complexity index is 1950. The Kier molecular flexibility index (Phi) is 24.4. The molecule has 0 radical (unpaired) electrons. The van der Waals surface area contributed by atoms with Crippen molar-refractivity contribution in [1.29, 1.82) is 0 Å². The zero-order valence-corrected chi connectivity index (χ0v) is 34.7. The number of carbonyl (C=O) groups excluding carboxylic acids is 11. The highest BCUT2D eigenvalue weighted by molar-refractivity contribution is 5.95. The first-order valence-electron chi connectivity index (χ1n) is 18.9. The minimum Gasteiger partial charge on any atom is -0.508 e. The molecule has 356 valence electrons. The van der Waals surface area contributed by atoms with Gasteiger partial charge in [-0.25, -0.2) is 0 Å². The molecular formula is C36H49N11O18. The molecule has 0 bridgehead atoms. The molecule has 1 atom stereocenters. The number of aromatic hydroxyl groups is 1. The van der Waals surface area contributed by atoms with Crippen molar-refractivity contribution in [3.63, 3.8) is 0 Å². The van der Waals surface area contributed by atoms with E-state index >= 15 is 0 Å². The zero-order chi connectivity index (χ0) is 49.1. The van der Waals surface area contributed by atoms with E-state index in [2.05, 4.69) is 42.5 Å². The normalized spacial score (nSPS) is 10.6. The Morgan fingerprint density at radius 3 is 1.26 bits per heavy atom. The summed E-state index contributed by atoms with van der Waals surface area (Å²) in [4.78, 5) is 169. The summed E-state index contributed by atoms with van der Waals surface area (Å²) < 4.78 is 0. The Morgan fingerprint density at radius 1 is 0.508 bits per heavy atom. The molecule has 0 aliphatic heterocycles. The quantitative estimate of drug-likeness (QED) is 0.0252. The highest BCUT2D eigenvalue weighted by Gasteiger charge is 2.25. The maximum atomic E-state index is 12.7. The number of phenols is 1. The summed E-state index contributed by atoms with van der Waals surface area (Å²) in [5.74, 6) is -13.6. The topological polar surface area (TPSA) is 426 Å². The van der Waals surface area contributed by atoms with Gasteiger partial charge in [0.2, 0.25) is 65.5 Å². The van der Waals surface area contributed by atoms with Crippen LogP contribution in [0.3, 0.4) is 0 Å². The highest BCUT2D eigenvalue weighted by Crippen LogP contribution is 2.11. The third-order valence-corrected chi connectivity index (χ3v) is 8.00. The molecule has 0 spiro atoms. The van der Waals surface area contributed by atoms with Gasteiger partial charge in [0.1, 0.15) is 51.1 Å². The average molecular weight is 924 g/mol. The molecule has 0 fully saturated rings. The smallest absolute Gasteiger partial charge is 0.323 e. The van der Waals surface area contributed by atoms with E-state index in [4.69, 9.17) is 5.11 Å². The van der Waals surface area contributed by atoms with Gasteiger partial charge in [0.25, 0.3) is 0 Å². The lowest BCUT2D eigenvalue weighted by molar-refractivity contribution is -0.146. The van der Waals surface area contributed by atoms with E-state index < -0.39 is 155 Å². The molecule has 29 nitrogen and oxygen atoms in total. The molecule has 11 amide bonds. The zero-order valence-electron chi connectivity index (χ0n) is 34.7. The molecule has 1 aromatic carbocycles. The van der Waals surface area contributed by atoms with Crippen molar-refractivity contribution in [2.75, 3.05) is 85.1 Å². The third-order valence-electron chi connectivity index (χ3n) is 8.00. The van der Waals surface area contributed by atoms with Gasteiger partial charge in [-0.05, 0) is 17.7 Å². The fraction of sp³-hybridized carbons (Fsp3) is 0.444. The van der Waals surface area contributed by atoms with E-state index in [1.165, 1.54) is 24.3 Å². The molecule has 0 unspecified atom stereocenters. The molecule has 0 saturated heterocycles. The molecule has 1 aromatic rings. The average Bonchev–Trinajstić information content (AvgIpc) is 3.23. The number of hydrogen-bond donors (Lipinski definition) is 12. The lowest BCUT2D eigenvalue weighted by Crippen LogP contribution is -2.51. The van der Waals surface area contributed by atoms with Crippen LogP contribution in [0.4, 0.5) is 0 Å². The van der Waals surface area contributed by atoms with Crippen LogP contribution < -0.4 is 42.5 Å². The van der Waals surface area contributed by atoms with E-state index in [0.717, 1.165) is 6.92 Å². The number of nitrogens with zero attached hydrogens (tertiary/aromatic N) is 3. The molecule has 0 heterocycles. The van der Waals surface area contributed by atoms with Gasteiger partial charge in [-0.3, -0.25) is 67.1 Å². The van der Waals surface area contributed by atoms with Crippen LogP contribution in [0.5, 0.6) is 5.75 Å². The van der Waals surface area contributed by atoms with Gasteiger partial charge in [-0.15, -0.1) is 0 Å². The van der Waals surface area contributed by atoms with Crippen molar-refractivity contribution in [3.8, 4) is 5.75 Å². The van der Waals surface area contributed by atoms with E-state index in [1.807, 2.05) is 0 Å². The first-order chi connectivity index (χ1) is 30.6. The van der Waals surface area contributed by atoms with Crippen molar-refractivity contribution in [1.82, 2.24) is 57.2 Å². The van der Waals surface area contributed by atoms with Gasteiger partial charge < -0.3 is 77.7 Å². The van der Waals surface area contributed by atoms with Crippen LogP contribution in [-0.2, 0) is 73.5 Å². The summed E-state index contributed by atoms with van der Waals surface area (Å²) in [5.41, 5.74) is 0.565. The Labute approximate surface area is 367 Å². The summed E-state index contributed by atoms with van der Waals surface area (Å²) in [6.45, 7) is -8.49. The summed E-state index contributed by atoms with van der Waals surface area (Å²) in [6.07, 6.45) is 0.266. The first-order valence-corrected chi connectivity index (χ1v) is 18.9. The predicted octanol–water partition coefficient (Wildman–Crippen LogP) is -8.38. The molecule has 29 heteroatoms. The van der Waals surface area contributed by atoms with Gasteiger partial charge in [0.05, 0.1) is 32.7 Å². The number of rotatable bonds is 30. The second kappa shape index (κ2) is 29.0. The molecule has 1 rings (SSSR count).